The first-order chi connectivity index (χ1) is 13.0. The predicted octanol–water partition coefficient (Wildman–Crippen LogP) is 3.31. The smallest absolute Gasteiger partial charge is 0.387 e. The topological polar surface area (TPSA) is 77.5 Å². The zero-order valence-corrected chi connectivity index (χ0v) is 14.7. The monoisotopic (exact) mass is 387 g/mol. The molecule has 3 N–H and O–H groups in total. The summed E-state index contributed by atoms with van der Waals surface area (Å²) in [6, 6.07) is 15.7. The van der Waals surface area contributed by atoms with Crippen LogP contribution in [0, 0.1) is 0 Å². The van der Waals surface area contributed by atoms with Gasteiger partial charge < -0.3 is 10.5 Å². The summed E-state index contributed by atoms with van der Waals surface area (Å²) in [5, 5.41) is 8.60. The van der Waals surface area contributed by atoms with Crippen LogP contribution in [0.1, 0.15) is 5.56 Å². The van der Waals surface area contributed by atoms with E-state index in [0.717, 1.165) is 5.69 Å². The second kappa shape index (κ2) is 8.37. The van der Waals surface area contributed by atoms with Gasteiger partial charge in [0.15, 0.2) is 5.11 Å². The Labute approximate surface area is 159 Å². The maximum absolute atomic E-state index is 12.3. The predicted molar refractivity (Wildman–Crippen MR) is 103 cm³/mol. The number of hydrogen-bond acceptors (Lipinski definition) is 4. The number of hydrazone groups is 1. The number of rotatable bonds is 6. The number of para-hydroxylation sites is 1. The van der Waals surface area contributed by atoms with Crippen LogP contribution in [0.15, 0.2) is 65.9 Å². The van der Waals surface area contributed by atoms with Crippen LogP contribution in [-0.4, -0.2) is 27.7 Å². The van der Waals surface area contributed by atoms with Gasteiger partial charge >= 0.3 is 6.61 Å². The molecule has 0 fully saturated rings. The van der Waals surface area contributed by atoms with Gasteiger partial charge in [-0.05, 0) is 48.6 Å². The standard InChI is InChI=1S/C18H15F2N5OS/c19-17(20)26-15-8-6-12(7-9-15)16-13(10-22-23-18(21)27)11-25(24-16)14-4-2-1-3-5-14/h1-11,17H,(H3,21,23,27)/b22-10+. The van der Waals surface area contributed by atoms with Crippen LogP contribution < -0.4 is 15.9 Å². The van der Waals surface area contributed by atoms with Crippen molar-refractivity contribution in [2.75, 3.05) is 0 Å². The highest BCUT2D eigenvalue weighted by Gasteiger charge is 2.12. The number of nitrogens with two attached hydrogens (primary N) is 1. The van der Waals surface area contributed by atoms with Gasteiger partial charge in [0.25, 0.3) is 0 Å². The van der Waals surface area contributed by atoms with Crippen molar-refractivity contribution in [1.29, 1.82) is 0 Å². The molecular formula is C18H15F2N5OS. The minimum absolute atomic E-state index is 0.0387. The zero-order chi connectivity index (χ0) is 19.2. The van der Waals surface area contributed by atoms with E-state index in [0.29, 0.717) is 16.8 Å². The summed E-state index contributed by atoms with van der Waals surface area (Å²) in [5.41, 5.74) is 10.7. The summed E-state index contributed by atoms with van der Waals surface area (Å²) in [6.07, 6.45) is 3.32. The SMILES string of the molecule is NC(=S)N/N=C/c1cn(-c2ccccc2)nc1-c1ccc(OC(F)F)cc1. The molecule has 0 radical (unpaired) electrons. The Balaban J connectivity index is 1.97. The Hall–Kier alpha value is -3.33. The third-order valence-corrected chi connectivity index (χ3v) is 3.59. The van der Waals surface area contributed by atoms with Gasteiger partial charge in [0.1, 0.15) is 11.4 Å². The molecule has 0 aliphatic carbocycles. The second-order valence-corrected chi connectivity index (χ2v) is 5.79. The molecule has 3 aromatic rings. The summed E-state index contributed by atoms with van der Waals surface area (Å²) >= 11 is 4.72. The van der Waals surface area contributed by atoms with Crippen LogP contribution in [0.5, 0.6) is 5.75 Å². The van der Waals surface area contributed by atoms with Crippen molar-refractivity contribution in [3.05, 3.63) is 66.4 Å². The number of thiocarbonyl (C=S) groups is 1. The second-order valence-electron chi connectivity index (χ2n) is 5.35. The van der Waals surface area contributed by atoms with E-state index in [4.69, 9.17) is 18.0 Å². The third-order valence-electron chi connectivity index (χ3n) is 3.49. The highest BCUT2D eigenvalue weighted by molar-refractivity contribution is 7.80. The van der Waals surface area contributed by atoms with Crippen LogP contribution in [-0.2, 0) is 0 Å². The van der Waals surface area contributed by atoms with E-state index in [9.17, 15) is 8.78 Å². The lowest BCUT2D eigenvalue weighted by Gasteiger charge is -2.05. The lowest BCUT2D eigenvalue weighted by Crippen LogP contribution is -2.24. The van der Waals surface area contributed by atoms with Gasteiger partial charge in [0.2, 0.25) is 0 Å². The van der Waals surface area contributed by atoms with Crippen molar-refractivity contribution in [2.24, 2.45) is 10.8 Å². The van der Waals surface area contributed by atoms with E-state index in [1.165, 1.54) is 18.3 Å². The number of hydrogen-bond donors (Lipinski definition) is 2. The minimum atomic E-state index is -2.87. The summed E-state index contributed by atoms with van der Waals surface area (Å²) in [4.78, 5) is 0. The first kappa shape index (κ1) is 18.5. The summed E-state index contributed by atoms with van der Waals surface area (Å²) in [7, 11) is 0. The van der Waals surface area contributed by atoms with Crippen molar-refractivity contribution in [1.82, 2.24) is 15.2 Å². The van der Waals surface area contributed by atoms with Crippen molar-refractivity contribution in [3.63, 3.8) is 0 Å². The normalized spacial score (nSPS) is 11.1. The molecule has 2 aromatic carbocycles. The van der Waals surface area contributed by atoms with E-state index in [-0.39, 0.29) is 10.9 Å². The fourth-order valence-corrected chi connectivity index (χ4v) is 2.43. The van der Waals surface area contributed by atoms with Crippen LogP contribution in [0.3, 0.4) is 0 Å². The van der Waals surface area contributed by atoms with Crippen molar-refractivity contribution < 1.29 is 13.5 Å². The van der Waals surface area contributed by atoms with Crippen molar-refractivity contribution >= 4 is 23.5 Å². The number of nitrogens with one attached hydrogen (secondary N) is 1. The Morgan fingerprint density at radius 2 is 1.89 bits per heavy atom. The Morgan fingerprint density at radius 3 is 2.52 bits per heavy atom. The van der Waals surface area contributed by atoms with Gasteiger partial charge in [-0.15, -0.1) is 0 Å². The van der Waals surface area contributed by atoms with Crippen molar-refractivity contribution in [2.45, 2.75) is 6.61 Å². The number of nitrogens with zero attached hydrogens (tertiary/aromatic N) is 3. The molecule has 0 amide bonds. The fraction of sp³-hybridized carbons (Fsp3) is 0.0556. The molecule has 0 atom stereocenters. The van der Waals surface area contributed by atoms with E-state index in [1.54, 1.807) is 23.0 Å². The molecule has 0 saturated carbocycles. The fourth-order valence-electron chi connectivity index (χ4n) is 2.38. The maximum atomic E-state index is 12.3. The first-order valence-corrected chi connectivity index (χ1v) is 8.22. The number of benzene rings is 2. The molecule has 0 unspecified atom stereocenters. The Kier molecular flexibility index (Phi) is 5.72. The summed E-state index contributed by atoms with van der Waals surface area (Å²) < 4.78 is 30.7. The molecule has 6 nitrogen and oxygen atoms in total. The highest BCUT2D eigenvalue weighted by Crippen LogP contribution is 2.25. The number of halogens is 2. The largest absolute Gasteiger partial charge is 0.435 e. The average molecular weight is 387 g/mol. The van der Waals surface area contributed by atoms with E-state index in [2.05, 4.69) is 20.4 Å². The maximum Gasteiger partial charge on any atom is 0.387 e. The van der Waals surface area contributed by atoms with Gasteiger partial charge in [-0.25, -0.2) is 4.68 Å². The van der Waals surface area contributed by atoms with Gasteiger partial charge in [0.05, 0.1) is 11.9 Å². The van der Waals surface area contributed by atoms with Gasteiger partial charge in [-0.1, -0.05) is 18.2 Å². The number of aromatic nitrogens is 2. The van der Waals surface area contributed by atoms with Crippen LogP contribution >= 0.6 is 12.2 Å². The average Bonchev–Trinajstić information content (AvgIpc) is 3.06. The summed E-state index contributed by atoms with van der Waals surface area (Å²) in [6.45, 7) is -2.87. The molecule has 1 aromatic heterocycles. The zero-order valence-electron chi connectivity index (χ0n) is 13.9. The third kappa shape index (κ3) is 4.85. The van der Waals surface area contributed by atoms with Gasteiger partial charge in [-0.3, -0.25) is 5.43 Å². The molecule has 3 rings (SSSR count). The first-order valence-electron chi connectivity index (χ1n) is 7.82. The lowest BCUT2D eigenvalue weighted by atomic mass is 10.1. The molecule has 0 aliphatic rings. The van der Waals surface area contributed by atoms with E-state index >= 15 is 0 Å². The van der Waals surface area contributed by atoms with E-state index < -0.39 is 6.61 Å². The van der Waals surface area contributed by atoms with Crippen LogP contribution in [0.25, 0.3) is 16.9 Å². The number of ether oxygens (including phenoxy) is 1. The van der Waals surface area contributed by atoms with Crippen LogP contribution in [0.4, 0.5) is 8.78 Å². The molecule has 0 bridgehead atoms. The molecule has 0 spiro atoms. The molecule has 27 heavy (non-hydrogen) atoms. The quantitative estimate of drug-likeness (QED) is 0.386. The molecule has 1 heterocycles. The number of alkyl halides is 2. The van der Waals surface area contributed by atoms with Crippen molar-refractivity contribution in [3.8, 4) is 22.7 Å². The lowest BCUT2D eigenvalue weighted by molar-refractivity contribution is -0.0498. The van der Waals surface area contributed by atoms with Crippen LogP contribution in [0.2, 0.25) is 0 Å². The Bertz CT molecular complexity index is 942. The molecule has 0 saturated heterocycles. The molecular weight excluding hydrogens is 372 g/mol. The molecule has 0 aliphatic heterocycles. The van der Waals surface area contributed by atoms with Gasteiger partial charge in [-0.2, -0.15) is 19.0 Å². The summed E-state index contributed by atoms with van der Waals surface area (Å²) in [5.74, 6) is 0.0709. The van der Waals surface area contributed by atoms with E-state index in [1.807, 2.05) is 30.3 Å². The minimum Gasteiger partial charge on any atom is -0.435 e. The van der Waals surface area contributed by atoms with Gasteiger partial charge in [0, 0.05) is 17.3 Å². The Morgan fingerprint density at radius 1 is 1.19 bits per heavy atom. The highest BCUT2D eigenvalue weighted by atomic mass is 32.1. The molecule has 9 heteroatoms. The molecule has 138 valence electrons.